The van der Waals surface area contributed by atoms with E-state index in [1.165, 1.54) is 4.90 Å². The number of quaternary nitrogens is 1. The molecule has 104 valence electrons. The summed E-state index contributed by atoms with van der Waals surface area (Å²) in [4.78, 5) is 3.65. The minimum absolute atomic E-state index is 0.292. The van der Waals surface area contributed by atoms with Gasteiger partial charge in [0.1, 0.15) is 12.3 Å². The van der Waals surface area contributed by atoms with E-state index in [2.05, 4.69) is 16.1 Å². The second-order valence-electron chi connectivity index (χ2n) is 4.68. The topological polar surface area (TPSA) is 75.5 Å². The molecule has 6 nitrogen and oxygen atoms in total. The third-order valence-corrected chi connectivity index (χ3v) is 3.46. The monoisotopic (exact) mass is 265 g/mol. The zero-order valence-electron chi connectivity index (χ0n) is 11.2. The van der Waals surface area contributed by atoms with E-state index >= 15 is 0 Å². The number of methoxy groups -OCH3 is 1. The SMILES string of the molecule is COc1ccccc1N1CC[NH+](C/C(N)=N\O)CC1. The largest absolute Gasteiger partial charge is 0.495 e. The van der Waals surface area contributed by atoms with Gasteiger partial charge in [-0.25, -0.2) is 0 Å². The highest BCUT2D eigenvalue weighted by molar-refractivity contribution is 5.80. The molecule has 2 rings (SSSR count). The van der Waals surface area contributed by atoms with Crippen LogP contribution < -0.4 is 20.3 Å². The van der Waals surface area contributed by atoms with Gasteiger partial charge in [-0.1, -0.05) is 17.3 Å². The van der Waals surface area contributed by atoms with Crippen molar-refractivity contribution in [2.45, 2.75) is 0 Å². The minimum Gasteiger partial charge on any atom is -0.495 e. The lowest BCUT2D eigenvalue weighted by Crippen LogP contribution is -3.15. The summed E-state index contributed by atoms with van der Waals surface area (Å²) in [6.45, 7) is 4.40. The number of amidine groups is 1. The van der Waals surface area contributed by atoms with Crippen molar-refractivity contribution in [1.29, 1.82) is 0 Å². The lowest BCUT2D eigenvalue weighted by molar-refractivity contribution is -0.891. The van der Waals surface area contributed by atoms with Gasteiger partial charge in [0.25, 0.3) is 0 Å². The number of nitrogens with one attached hydrogen (secondary N) is 1. The van der Waals surface area contributed by atoms with Crippen LogP contribution in [0.1, 0.15) is 0 Å². The number of rotatable bonds is 4. The van der Waals surface area contributed by atoms with Crippen LogP contribution in [0.5, 0.6) is 5.75 Å². The summed E-state index contributed by atoms with van der Waals surface area (Å²) in [6, 6.07) is 8.05. The molecule has 19 heavy (non-hydrogen) atoms. The molecule has 1 aromatic carbocycles. The summed E-state index contributed by atoms with van der Waals surface area (Å²) >= 11 is 0. The van der Waals surface area contributed by atoms with Crippen LogP contribution in [-0.2, 0) is 0 Å². The Kier molecular flexibility index (Phi) is 4.46. The lowest BCUT2D eigenvalue weighted by atomic mass is 10.2. The average molecular weight is 265 g/mol. The maximum atomic E-state index is 8.59. The number of hydrogen-bond donors (Lipinski definition) is 3. The molecular weight excluding hydrogens is 244 g/mol. The highest BCUT2D eigenvalue weighted by Crippen LogP contribution is 2.27. The number of oxime groups is 1. The number of hydrogen-bond acceptors (Lipinski definition) is 4. The number of nitrogens with zero attached hydrogens (tertiary/aromatic N) is 2. The molecule has 4 N–H and O–H groups in total. The first-order chi connectivity index (χ1) is 9.24. The first-order valence-corrected chi connectivity index (χ1v) is 6.42. The number of ether oxygens (including phenoxy) is 1. The van der Waals surface area contributed by atoms with Gasteiger partial charge in [-0.2, -0.15) is 0 Å². The van der Waals surface area contributed by atoms with Gasteiger partial charge in [-0.15, -0.1) is 0 Å². The molecule has 1 aliphatic rings. The zero-order chi connectivity index (χ0) is 13.7. The van der Waals surface area contributed by atoms with Crippen LogP contribution >= 0.6 is 0 Å². The Labute approximate surface area is 113 Å². The normalized spacial score (nSPS) is 17.5. The standard InChI is InChI=1S/C13H20N4O2/c1-19-12-5-3-2-4-11(12)17-8-6-16(7-9-17)10-13(14)15-18/h2-5,18H,6-10H2,1H3,(H2,14,15)/p+1. The molecule has 0 amide bonds. The molecular formula is C13H21N4O2+. The van der Waals surface area contributed by atoms with Crippen molar-refractivity contribution in [3.05, 3.63) is 24.3 Å². The number of piperazine rings is 1. The molecule has 0 unspecified atom stereocenters. The van der Waals surface area contributed by atoms with Gasteiger partial charge in [0.2, 0.25) is 0 Å². The van der Waals surface area contributed by atoms with E-state index in [1.54, 1.807) is 7.11 Å². The van der Waals surface area contributed by atoms with Gasteiger partial charge < -0.3 is 25.5 Å². The fraction of sp³-hybridized carbons (Fsp3) is 0.462. The van der Waals surface area contributed by atoms with Crippen molar-refractivity contribution in [3.63, 3.8) is 0 Å². The van der Waals surface area contributed by atoms with Gasteiger partial charge in [0, 0.05) is 0 Å². The van der Waals surface area contributed by atoms with Crippen LogP contribution in [0, 0.1) is 0 Å². The Hall–Kier alpha value is -1.95. The molecule has 0 aliphatic carbocycles. The smallest absolute Gasteiger partial charge is 0.194 e. The second kappa shape index (κ2) is 6.29. The number of nitrogens with two attached hydrogens (primary N) is 1. The molecule has 1 aliphatic heterocycles. The van der Waals surface area contributed by atoms with Gasteiger partial charge in [-0.3, -0.25) is 0 Å². The number of para-hydroxylation sites is 2. The lowest BCUT2D eigenvalue weighted by Gasteiger charge is -2.34. The quantitative estimate of drug-likeness (QED) is 0.287. The van der Waals surface area contributed by atoms with Crippen LogP contribution in [0.2, 0.25) is 0 Å². The fourth-order valence-electron chi connectivity index (χ4n) is 2.42. The Morgan fingerprint density at radius 1 is 1.42 bits per heavy atom. The predicted molar refractivity (Wildman–Crippen MR) is 74.2 cm³/mol. The van der Waals surface area contributed by atoms with Crippen LogP contribution in [-0.4, -0.2) is 50.9 Å². The van der Waals surface area contributed by atoms with Crippen LogP contribution in [0.25, 0.3) is 0 Å². The Bertz CT molecular complexity index is 442. The Morgan fingerprint density at radius 2 is 2.11 bits per heavy atom. The molecule has 0 bridgehead atoms. The summed E-state index contributed by atoms with van der Waals surface area (Å²) in [7, 11) is 1.69. The van der Waals surface area contributed by atoms with Gasteiger partial charge in [0.15, 0.2) is 5.84 Å². The Morgan fingerprint density at radius 3 is 2.74 bits per heavy atom. The Balaban J connectivity index is 1.96. The molecule has 1 heterocycles. The van der Waals surface area contributed by atoms with E-state index in [0.717, 1.165) is 37.6 Å². The van der Waals surface area contributed by atoms with E-state index in [-0.39, 0.29) is 0 Å². The van der Waals surface area contributed by atoms with Crippen LogP contribution in [0.4, 0.5) is 5.69 Å². The third kappa shape index (κ3) is 3.29. The highest BCUT2D eigenvalue weighted by Gasteiger charge is 2.22. The molecule has 1 fully saturated rings. The first kappa shape index (κ1) is 13.5. The predicted octanol–water partition coefficient (Wildman–Crippen LogP) is -0.853. The highest BCUT2D eigenvalue weighted by atomic mass is 16.5. The summed E-state index contributed by atoms with van der Waals surface area (Å²) in [6.07, 6.45) is 0. The molecule has 0 atom stereocenters. The van der Waals surface area contributed by atoms with E-state index in [9.17, 15) is 0 Å². The van der Waals surface area contributed by atoms with Gasteiger partial charge >= 0.3 is 0 Å². The summed E-state index contributed by atoms with van der Waals surface area (Å²) in [5.74, 6) is 1.20. The van der Waals surface area contributed by atoms with Gasteiger partial charge in [-0.05, 0) is 12.1 Å². The second-order valence-corrected chi connectivity index (χ2v) is 4.68. The third-order valence-electron chi connectivity index (χ3n) is 3.46. The molecule has 1 aromatic rings. The number of benzene rings is 1. The maximum Gasteiger partial charge on any atom is 0.194 e. The van der Waals surface area contributed by atoms with Crippen LogP contribution in [0.15, 0.2) is 29.4 Å². The fourth-order valence-corrected chi connectivity index (χ4v) is 2.42. The maximum absolute atomic E-state index is 8.59. The molecule has 1 saturated heterocycles. The van der Waals surface area contributed by atoms with E-state index in [0.29, 0.717) is 12.4 Å². The van der Waals surface area contributed by atoms with E-state index in [1.807, 2.05) is 18.2 Å². The average Bonchev–Trinajstić information content (AvgIpc) is 2.48. The molecule has 6 heteroatoms. The van der Waals surface area contributed by atoms with Crippen molar-refractivity contribution in [1.82, 2.24) is 0 Å². The van der Waals surface area contributed by atoms with E-state index < -0.39 is 0 Å². The van der Waals surface area contributed by atoms with E-state index in [4.69, 9.17) is 15.7 Å². The summed E-state index contributed by atoms with van der Waals surface area (Å²) < 4.78 is 5.39. The van der Waals surface area contributed by atoms with Gasteiger partial charge in [0.05, 0.1) is 39.0 Å². The van der Waals surface area contributed by atoms with Crippen molar-refractivity contribution < 1.29 is 14.8 Å². The first-order valence-electron chi connectivity index (χ1n) is 6.42. The molecule has 0 saturated carbocycles. The molecule has 0 spiro atoms. The van der Waals surface area contributed by atoms with Crippen molar-refractivity contribution in [3.8, 4) is 5.75 Å². The molecule has 0 aromatic heterocycles. The van der Waals surface area contributed by atoms with Crippen molar-refractivity contribution >= 4 is 11.5 Å². The summed E-state index contributed by atoms with van der Waals surface area (Å²) in [5.41, 5.74) is 6.67. The van der Waals surface area contributed by atoms with Crippen molar-refractivity contribution in [2.75, 3.05) is 44.7 Å². The zero-order valence-corrected chi connectivity index (χ0v) is 11.2. The van der Waals surface area contributed by atoms with Crippen LogP contribution in [0.3, 0.4) is 0 Å². The molecule has 0 radical (unpaired) electrons. The number of anilines is 1. The van der Waals surface area contributed by atoms with Crippen molar-refractivity contribution in [2.24, 2.45) is 10.9 Å². The summed E-state index contributed by atoms with van der Waals surface area (Å²) in [5, 5.41) is 11.6. The minimum atomic E-state index is 0.292.